The summed E-state index contributed by atoms with van der Waals surface area (Å²) in [6.45, 7) is 27.5. The number of rotatable bonds is 5. The van der Waals surface area contributed by atoms with E-state index in [1.165, 1.54) is 43.8 Å². The van der Waals surface area contributed by atoms with Gasteiger partial charge < -0.3 is 9.13 Å². The van der Waals surface area contributed by atoms with Gasteiger partial charge in [-0.25, -0.2) is 4.98 Å². The monoisotopic (exact) mass is 953 g/mol. The van der Waals surface area contributed by atoms with E-state index in [0.29, 0.717) is 17.6 Å². The van der Waals surface area contributed by atoms with Crippen molar-refractivity contribution in [2.24, 2.45) is 0 Å². The second-order valence-electron chi connectivity index (χ2n) is 24.3. The van der Waals surface area contributed by atoms with E-state index in [-0.39, 0.29) is 21.7 Å². The van der Waals surface area contributed by atoms with Gasteiger partial charge in [0.25, 0.3) is 0 Å². The van der Waals surface area contributed by atoms with Gasteiger partial charge in [0.2, 0.25) is 5.95 Å². The predicted molar refractivity (Wildman–Crippen MR) is 309 cm³/mol. The molecule has 8 aromatic carbocycles. The molecular weight excluding hydrogens is 889 g/mol. The van der Waals surface area contributed by atoms with Crippen LogP contribution in [0.2, 0.25) is 0 Å². The molecule has 0 aliphatic heterocycles. The quantitative estimate of drug-likeness (QED) is 0.173. The van der Waals surface area contributed by atoms with Crippen LogP contribution in [0.3, 0.4) is 0 Å². The number of fused-ring (bicyclic) bond motifs is 9. The molecule has 0 atom stereocenters. The van der Waals surface area contributed by atoms with Crippen LogP contribution in [0.5, 0.6) is 0 Å². The zero-order chi connectivity index (χ0) is 50.9. The van der Waals surface area contributed by atoms with Crippen LogP contribution in [0.1, 0.15) is 105 Å². The first-order chi connectivity index (χ1) is 34.7. The number of hydrogen-bond acceptors (Lipinski definition) is 3. The highest BCUT2D eigenvalue weighted by atomic mass is 15.2. The molecule has 0 aliphatic rings. The fourth-order valence-electron chi connectivity index (χ4n) is 11.0. The van der Waals surface area contributed by atoms with Gasteiger partial charge in [-0.3, -0.25) is 4.57 Å². The second-order valence-corrected chi connectivity index (χ2v) is 24.3. The number of hydrogen-bond donors (Lipinski definition) is 0. The average molecular weight is 953 g/mol. The smallest absolute Gasteiger partial charge is 0.238 e. The zero-order valence-corrected chi connectivity index (χ0v) is 44.3. The van der Waals surface area contributed by atoms with Gasteiger partial charge >= 0.3 is 0 Å². The summed E-state index contributed by atoms with van der Waals surface area (Å²) in [6, 6.07) is 62.5. The van der Waals surface area contributed by atoms with Crippen LogP contribution in [0.4, 0.5) is 0 Å². The summed E-state index contributed by atoms with van der Waals surface area (Å²) < 4.78 is 7.06. The molecule has 12 rings (SSSR count). The third-order valence-corrected chi connectivity index (χ3v) is 15.2. The molecule has 0 fully saturated rings. The van der Waals surface area contributed by atoms with Crippen LogP contribution in [0, 0.1) is 0 Å². The Kier molecular flexibility index (Phi) is 10.4. The molecule has 4 aromatic heterocycles. The molecule has 12 aromatic rings. The zero-order valence-electron chi connectivity index (χ0n) is 44.3. The van der Waals surface area contributed by atoms with E-state index in [2.05, 4.69) is 267 Å². The summed E-state index contributed by atoms with van der Waals surface area (Å²) in [6.07, 6.45) is 0. The van der Waals surface area contributed by atoms with E-state index in [1.54, 1.807) is 0 Å². The minimum absolute atomic E-state index is 0.0209. The van der Waals surface area contributed by atoms with Gasteiger partial charge in [0.1, 0.15) is 0 Å². The van der Waals surface area contributed by atoms with Gasteiger partial charge in [-0.1, -0.05) is 168 Å². The van der Waals surface area contributed by atoms with Crippen molar-refractivity contribution in [3.8, 4) is 40.1 Å². The molecule has 0 saturated heterocycles. The Morgan fingerprint density at radius 2 is 0.562 bits per heavy atom. The summed E-state index contributed by atoms with van der Waals surface area (Å²) in [5.74, 6) is 1.74. The standard InChI is InChI=1S/C67H64N6/c1-64(2,3)41-29-33-57-49(37-41)50-38-42(65(4,5)6)30-34-58(50)71(57)55-27-19-15-23-47(55)61-68-62(70-63(69-61)73-53-25-17-13-21-45(53)46-22-14-18-26-54(46)73)48-24-16-20-28-56(48)72-59-35-31-43(66(7,8)9)39-51(59)52-40-44(67(10,11)12)32-36-60(52)72/h13-40H,1-12H3. The highest BCUT2D eigenvalue weighted by Gasteiger charge is 2.27. The Morgan fingerprint density at radius 3 is 0.890 bits per heavy atom. The van der Waals surface area contributed by atoms with Gasteiger partial charge in [0.05, 0.1) is 44.5 Å². The molecular formula is C67H64N6. The first-order valence-corrected chi connectivity index (χ1v) is 25.9. The Morgan fingerprint density at radius 1 is 0.274 bits per heavy atom. The minimum Gasteiger partial charge on any atom is -0.309 e. The highest BCUT2D eigenvalue weighted by Crippen LogP contribution is 2.43. The van der Waals surface area contributed by atoms with Crippen LogP contribution < -0.4 is 0 Å². The maximum Gasteiger partial charge on any atom is 0.238 e. The van der Waals surface area contributed by atoms with E-state index in [9.17, 15) is 0 Å². The fraction of sp³-hybridized carbons (Fsp3) is 0.239. The van der Waals surface area contributed by atoms with Crippen molar-refractivity contribution in [1.82, 2.24) is 28.7 Å². The first kappa shape index (κ1) is 46.3. The minimum atomic E-state index is -0.0209. The molecule has 4 heterocycles. The molecule has 0 aliphatic carbocycles. The van der Waals surface area contributed by atoms with Crippen LogP contribution >= 0.6 is 0 Å². The molecule has 0 saturated carbocycles. The molecule has 362 valence electrons. The number of para-hydroxylation sites is 4. The lowest BCUT2D eigenvalue weighted by Gasteiger charge is -2.20. The second kappa shape index (κ2) is 16.3. The molecule has 0 amide bonds. The maximum absolute atomic E-state index is 5.63. The van der Waals surface area contributed by atoms with Crippen molar-refractivity contribution in [1.29, 1.82) is 0 Å². The van der Waals surface area contributed by atoms with Crippen LogP contribution in [0.15, 0.2) is 170 Å². The van der Waals surface area contributed by atoms with Gasteiger partial charge in [-0.2, -0.15) is 9.97 Å². The predicted octanol–water partition coefficient (Wildman–Crippen LogP) is 17.7. The lowest BCUT2D eigenvalue weighted by molar-refractivity contribution is 0.590. The third kappa shape index (κ3) is 7.64. The van der Waals surface area contributed by atoms with Gasteiger partial charge in [-0.15, -0.1) is 0 Å². The average Bonchev–Trinajstić information content (AvgIpc) is 4.00. The number of nitrogens with zero attached hydrogens (tertiary/aromatic N) is 6. The Balaban J connectivity index is 1.16. The third-order valence-electron chi connectivity index (χ3n) is 15.2. The van der Waals surface area contributed by atoms with Crippen molar-refractivity contribution >= 4 is 65.4 Å². The molecule has 6 heteroatoms. The molecule has 73 heavy (non-hydrogen) atoms. The van der Waals surface area contributed by atoms with Crippen molar-refractivity contribution in [2.45, 2.75) is 105 Å². The van der Waals surface area contributed by atoms with E-state index in [0.717, 1.165) is 66.4 Å². The van der Waals surface area contributed by atoms with E-state index >= 15 is 0 Å². The Hall–Kier alpha value is -7.83. The summed E-state index contributed by atoms with van der Waals surface area (Å²) >= 11 is 0. The number of aromatic nitrogens is 6. The summed E-state index contributed by atoms with van der Waals surface area (Å²) in [7, 11) is 0. The summed E-state index contributed by atoms with van der Waals surface area (Å²) in [5.41, 5.74) is 15.6. The molecule has 0 bridgehead atoms. The van der Waals surface area contributed by atoms with E-state index in [1.807, 2.05) is 0 Å². The van der Waals surface area contributed by atoms with E-state index < -0.39 is 0 Å². The highest BCUT2D eigenvalue weighted by molar-refractivity contribution is 6.12. The summed E-state index contributed by atoms with van der Waals surface area (Å²) in [4.78, 5) is 16.8. The topological polar surface area (TPSA) is 53.5 Å². The Labute approximate surface area is 429 Å². The molecule has 0 spiro atoms. The van der Waals surface area contributed by atoms with Gasteiger partial charge in [0.15, 0.2) is 11.6 Å². The largest absolute Gasteiger partial charge is 0.309 e. The van der Waals surface area contributed by atoms with Crippen LogP contribution in [-0.4, -0.2) is 28.7 Å². The molecule has 0 N–H and O–H groups in total. The van der Waals surface area contributed by atoms with Crippen molar-refractivity contribution in [2.75, 3.05) is 0 Å². The fourth-order valence-corrected chi connectivity index (χ4v) is 11.0. The lowest BCUT2D eigenvalue weighted by atomic mass is 9.85. The van der Waals surface area contributed by atoms with Gasteiger partial charge in [-0.05, 0) is 129 Å². The molecule has 0 radical (unpaired) electrons. The van der Waals surface area contributed by atoms with Gasteiger partial charge in [0, 0.05) is 43.4 Å². The van der Waals surface area contributed by atoms with Crippen molar-refractivity contribution < 1.29 is 0 Å². The first-order valence-electron chi connectivity index (χ1n) is 25.9. The number of benzene rings is 8. The molecule has 0 unspecified atom stereocenters. The molecule has 6 nitrogen and oxygen atoms in total. The van der Waals surface area contributed by atoms with Crippen LogP contribution in [-0.2, 0) is 21.7 Å². The van der Waals surface area contributed by atoms with Crippen molar-refractivity contribution in [3.63, 3.8) is 0 Å². The lowest BCUT2D eigenvalue weighted by Crippen LogP contribution is -2.10. The maximum atomic E-state index is 5.63. The van der Waals surface area contributed by atoms with E-state index in [4.69, 9.17) is 15.0 Å². The SMILES string of the molecule is CC(C)(C)c1ccc2c(c1)c1cc(C(C)(C)C)ccc1n2-c1ccccc1-c1nc(-c2ccccc2-n2c3ccc(C(C)(C)C)cc3c3cc(C(C)(C)C)ccc32)nc(-n2c3ccccc3c3ccccc32)n1. The normalized spacial score (nSPS) is 12.9. The van der Waals surface area contributed by atoms with Crippen LogP contribution in [0.25, 0.3) is 106 Å². The Bertz CT molecular complexity index is 3780. The van der Waals surface area contributed by atoms with Crippen molar-refractivity contribution in [3.05, 3.63) is 192 Å². The summed E-state index contributed by atoms with van der Waals surface area (Å²) in [5, 5.41) is 7.22.